The number of anilines is 1. The molecule has 2 aliphatic rings. The van der Waals surface area contributed by atoms with Crippen molar-refractivity contribution in [1.29, 1.82) is 0 Å². The second-order valence-electron chi connectivity index (χ2n) is 14.5. The number of aromatic amines is 2. The highest BCUT2D eigenvalue weighted by Gasteiger charge is 2.34. The average Bonchev–Trinajstić information content (AvgIpc) is 3.25. The largest absolute Gasteiger partial charge is 0.340 e. The summed E-state index contributed by atoms with van der Waals surface area (Å²) in [7, 11) is -5.61. The number of nitrogens with zero attached hydrogens (tertiary/aromatic N) is 5. The Morgan fingerprint density at radius 2 is 1.03 bits per heavy atom. The van der Waals surface area contributed by atoms with Gasteiger partial charge in [0.15, 0.2) is 0 Å². The smallest absolute Gasteiger partial charge is 0.272 e. The fourth-order valence-corrected chi connectivity index (χ4v) is 12.9. The van der Waals surface area contributed by atoms with E-state index in [0.29, 0.717) is 97.1 Å². The molecule has 2 aliphatic heterocycles. The third-order valence-electron chi connectivity index (χ3n) is 10.8. The summed E-state index contributed by atoms with van der Waals surface area (Å²) in [5, 5.41) is 19.9. The summed E-state index contributed by atoms with van der Waals surface area (Å²) in [5.41, 5.74) is 2.55. The molecule has 0 radical (unpaired) electrons. The highest BCUT2D eigenvalue weighted by atomic mass is 35.5. The van der Waals surface area contributed by atoms with Crippen LogP contribution in [0.1, 0.15) is 22.5 Å². The van der Waals surface area contributed by atoms with Gasteiger partial charge in [-0.2, -0.15) is 10.2 Å². The van der Waals surface area contributed by atoms with Crippen molar-refractivity contribution in [2.45, 2.75) is 12.8 Å². The van der Waals surface area contributed by atoms with E-state index >= 15 is 0 Å². The first-order valence-corrected chi connectivity index (χ1v) is 23.2. The lowest BCUT2D eigenvalue weighted by atomic mass is 10.0. The van der Waals surface area contributed by atoms with Gasteiger partial charge in [0, 0.05) is 97.4 Å². The minimum Gasteiger partial charge on any atom is -0.340 e. The van der Waals surface area contributed by atoms with E-state index in [-0.39, 0.29) is 28.8 Å². The fourth-order valence-electron chi connectivity index (χ4n) is 7.64. The Bertz CT molecular complexity index is 2840. The molecule has 5 heterocycles. The topological polar surface area (TPSA) is 167 Å². The van der Waals surface area contributed by atoms with Crippen molar-refractivity contribution in [3.63, 3.8) is 0 Å². The summed E-state index contributed by atoms with van der Waals surface area (Å²) in [5.74, 6) is -0.247. The van der Waals surface area contributed by atoms with Crippen molar-refractivity contribution in [2.75, 3.05) is 55.7 Å². The van der Waals surface area contributed by atoms with E-state index in [2.05, 4.69) is 35.7 Å². The Kier molecular flexibility index (Phi) is 12.6. The van der Waals surface area contributed by atoms with Crippen LogP contribution in [-0.4, -0.2) is 81.2 Å². The Balaban J connectivity index is 0.000000180. The molecule has 4 aromatic carbocycles. The van der Waals surface area contributed by atoms with E-state index in [1.807, 2.05) is 29.2 Å². The maximum absolute atomic E-state index is 14.8. The molecule has 12 nitrogen and oxygen atoms in total. The first-order chi connectivity index (χ1) is 28.1. The molecule has 9 rings (SSSR count). The molecule has 0 atom stereocenters. The zero-order chi connectivity index (χ0) is 40.3. The normalized spacial score (nSPS) is 15.9. The van der Waals surface area contributed by atoms with Crippen molar-refractivity contribution < 1.29 is 17.9 Å². The zero-order valence-electron chi connectivity index (χ0n) is 31.8. The molecule has 0 amide bonds. The van der Waals surface area contributed by atoms with Gasteiger partial charge in [-0.15, -0.1) is 12.4 Å². The molecule has 0 aliphatic carbocycles. The molecule has 2 saturated heterocycles. The summed E-state index contributed by atoms with van der Waals surface area (Å²) in [4.78, 5) is 34.4. The van der Waals surface area contributed by atoms with Crippen LogP contribution in [0.2, 0.25) is 0 Å². The molecular weight excluding hydrogens is 816 g/mol. The van der Waals surface area contributed by atoms with Gasteiger partial charge in [-0.3, -0.25) is 9.59 Å². The Labute approximate surface area is 344 Å². The van der Waals surface area contributed by atoms with Gasteiger partial charge in [0.2, 0.25) is 5.95 Å². The van der Waals surface area contributed by atoms with Gasteiger partial charge in [0.1, 0.15) is 25.9 Å². The Hall–Kier alpha value is -5.39. The lowest BCUT2D eigenvalue weighted by molar-refractivity contribution is 0.565. The van der Waals surface area contributed by atoms with Gasteiger partial charge in [0.05, 0.1) is 22.2 Å². The Morgan fingerprint density at radius 3 is 1.51 bits per heavy atom. The third kappa shape index (κ3) is 8.96. The maximum atomic E-state index is 14.8. The lowest BCUT2D eigenvalue weighted by Crippen LogP contribution is -2.38. The van der Waals surface area contributed by atoms with Crippen LogP contribution in [0.15, 0.2) is 113 Å². The number of hydrogen-bond donors (Lipinski definition) is 3. The number of nitrogens with one attached hydrogen (secondary N) is 3. The summed E-state index contributed by atoms with van der Waals surface area (Å²) >= 11 is 0. The molecule has 0 unspecified atom stereocenters. The van der Waals surface area contributed by atoms with Crippen LogP contribution in [0.4, 0.5) is 14.7 Å². The molecule has 17 heteroatoms. The van der Waals surface area contributed by atoms with E-state index in [0.717, 1.165) is 21.9 Å². The van der Waals surface area contributed by atoms with Gasteiger partial charge < -0.3 is 19.3 Å². The van der Waals surface area contributed by atoms with E-state index in [9.17, 15) is 27.5 Å². The molecule has 59 heavy (non-hydrogen) atoms. The third-order valence-corrected chi connectivity index (χ3v) is 17.0. The predicted molar refractivity (Wildman–Crippen MR) is 231 cm³/mol. The van der Waals surface area contributed by atoms with Crippen molar-refractivity contribution in [3.05, 3.63) is 158 Å². The van der Waals surface area contributed by atoms with Crippen molar-refractivity contribution in [1.82, 2.24) is 35.7 Å². The number of aromatic nitrogens is 6. The molecule has 3 aromatic heterocycles. The highest BCUT2D eigenvalue weighted by Crippen LogP contribution is 2.48. The van der Waals surface area contributed by atoms with Gasteiger partial charge in [-0.1, -0.05) is 48.5 Å². The number of rotatable bonds is 7. The van der Waals surface area contributed by atoms with Crippen LogP contribution in [0.5, 0.6) is 0 Å². The molecule has 3 N–H and O–H groups in total. The summed E-state index contributed by atoms with van der Waals surface area (Å²) in [6.07, 6.45) is 5.87. The van der Waals surface area contributed by atoms with Crippen LogP contribution in [0, 0.1) is 11.6 Å². The quantitative estimate of drug-likeness (QED) is 0.172. The molecule has 0 bridgehead atoms. The van der Waals surface area contributed by atoms with E-state index in [1.54, 1.807) is 67.0 Å². The SMILES string of the molecule is Cl.O=c1[nH]nc(Cc2ccc(F)c(P3(=O)CCN(c4ncccn4)CC3)c2)c2ccccc12.O=c1[nH]nc(Cc2ccc(F)c(P3(=O)CCNCC3)c2)c2ccccc12. The summed E-state index contributed by atoms with van der Waals surface area (Å²) in [6.45, 7) is 2.31. The van der Waals surface area contributed by atoms with E-state index in [4.69, 9.17) is 0 Å². The number of hydrogen-bond acceptors (Lipinski definition) is 10. The van der Waals surface area contributed by atoms with Crippen molar-refractivity contribution in [3.8, 4) is 0 Å². The summed E-state index contributed by atoms with van der Waals surface area (Å²) in [6, 6.07) is 25.8. The number of halogens is 3. The minimum atomic E-state index is -2.90. The van der Waals surface area contributed by atoms with Gasteiger partial charge in [-0.25, -0.2) is 28.9 Å². The van der Waals surface area contributed by atoms with Crippen LogP contribution in [0.3, 0.4) is 0 Å². The first kappa shape index (κ1) is 41.8. The number of benzene rings is 4. The number of H-pyrrole nitrogens is 2. The second-order valence-corrected chi connectivity index (χ2v) is 20.8. The first-order valence-electron chi connectivity index (χ1n) is 19.0. The zero-order valence-corrected chi connectivity index (χ0v) is 34.4. The lowest BCUT2D eigenvalue weighted by Gasteiger charge is -2.32. The molecule has 0 saturated carbocycles. The predicted octanol–water partition coefficient (Wildman–Crippen LogP) is 5.62. The summed E-state index contributed by atoms with van der Waals surface area (Å²) < 4.78 is 56.1. The average molecular weight is 857 g/mol. The van der Waals surface area contributed by atoms with Crippen LogP contribution in [-0.2, 0) is 22.0 Å². The molecular formula is C42H41ClF2N8O4P2. The molecule has 0 spiro atoms. The minimum absolute atomic E-state index is 0. The number of fused-ring (bicyclic) bond motifs is 2. The van der Waals surface area contributed by atoms with Crippen LogP contribution >= 0.6 is 26.7 Å². The van der Waals surface area contributed by atoms with E-state index in [1.165, 1.54) is 12.1 Å². The highest BCUT2D eigenvalue weighted by molar-refractivity contribution is 7.72. The molecule has 2 fully saturated rings. The molecule has 304 valence electrons. The second kappa shape index (κ2) is 17.8. The Morgan fingerprint density at radius 1 is 0.593 bits per heavy atom. The molecule has 7 aromatic rings. The fraction of sp³-hybridized carbons (Fsp3) is 0.238. The standard InChI is InChI=1S/C23H21FN5O2P.C19H19FN3O2P.ClH/c24-19-7-6-16(14-20-17-4-1-2-5-18(17)22(30)28-27-20)15-21(19)32(31)12-10-29(11-13-32)23-25-8-3-9-26-23;20-16-6-5-13(12-18(16)26(25)9-7-21-8-10-26)11-17-14-3-1-2-4-15(14)19(24)23-22-17;/h1-9,15H,10-14H2,(H,28,30);1-6,12,21H,7-11H2,(H,23,24);1H. The monoisotopic (exact) mass is 856 g/mol. The van der Waals surface area contributed by atoms with Crippen LogP contribution < -0.4 is 31.9 Å². The van der Waals surface area contributed by atoms with Crippen molar-refractivity contribution in [2.24, 2.45) is 0 Å². The van der Waals surface area contributed by atoms with Gasteiger partial charge in [-0.05, 0) is 53.6 Å². The van der Waals surface area contributed by atoms with Gasteiger partial charge in [0.25, 0.3) is 11.1 Å². The van der Waals surface area contributed by atoms with Crippen LogP contribution in [0.25, 0.3) is 21.5 Å². The van der Waals surface area contributed by atoms with E-state index < -0.39 is 25.9 Å². The maximum Gasteiger partial charge on any atom is 0.272 e. The van der Waals surface area contributed by atoms with Crippen molar-refractivity contribution >= 4 is 64.8 Å². The van der Waals surface area contributed by atoms with Gasteiger partial charge >= 0.3 is 0 Å².